The molecule has 1 aliphatic rings. The van der Waals surface area contributed by atoms with Crippen molar-refractivity contribution in [2.24, 2.45) is 5.92 Å². The van der Waals surface area contributed by atoms with Gasteiger partial charge in [0, 0.05) is 17.6 Å². The lowest BCUT2D eigenvalue weighted by Gasteiger charge is -2.36. The van der Waals surface area contributed by atoms with Gasteiger partial charge in [-0.3, -0.25) is 9.69 Å². The van der Waals surface area contributed by atoms with Gasteiger partial charge in [0.2, 0.25) is 0 Å². The molecule has 0 aromatic heterocycles. The van der Waals surface area contributed by atoms with Crippen LogP contribution >= 0.6 is 11.6 Å². The summed E-state index contributed by atoms with van der Waals surface area (Å²) in [6.07, 6.45) is 1.45. The Morgan fingerprint density at radius 1 is 1.53 bits per heavy atom. The number of likely N-dealkylation sites (tertiary alicyclic amines) is 1. The summed E-state index contributed by atoms with van der Waals surface area (Å²) in [5, 5.41) is 9.87. The molecule has 1 aromatic rings. The minimum absolute atomic E-state index is 0.195. The Morgan fingerprint density at radius 3 is 2.84 bits per heavy atom. The summed E-state index contributed by atoms with van der Waals surface area (Å²) < 4.78 is 0. The Morgan fingerprint density at radius 2 is 2.26 bits per heavy atom. The Kier molecular flexibility index (Phi) is 4.48. The van der Waals surface area contributed by atoms with Crippen molar-refractivity contribution in [2.45, 2.75) is 39.3 Å². The van der Waals surface area contributed by atoms with E-state index in [1.807, 2.05) is 13.0 Å². The van der Waals surface area contributed by atoms with Gasteiger partial charge in [-0.05, 0) is 50.4 Å². The SMILES string of the molecule is Cc1ccc(CN2CCC(C(=O)O)CC2C)c(Cl)c1. The molecule has 0 aliphatic carbocycles. The Hall–Kier alpha value is -1.06. The van der Waals surface area contributed by atoms with E-state index in [9.17, 15) is 4.79 Å². The topological polar surface area (TPSA) is 40.5 Å². The molecule has 1 aromatic carbocycles. The third-order valence-corrected chi connectivity index (χ3v) is 4.30. The van der Waals surface area contributed by atoms with Gasteiger partial charge < -0.3 is 5.11 Å². The molecule has 0 bridgehead atoms. The van der Waals surface area contributed by atoms with Gasteiger partial charge in [-0.15, -0.1) is 0 Å². The molecule has 3 nitrogen and oxygen atoms in total. The zero-order valence-electron chi connectivity index (χ0n) is 11.4. The molecule has 2 rings (SSSR count). The molecule has 1 aliphatic heterocycles. The summed E-state index contributed by atoms with van der Waals surface area (Å²) in [6.45, 7) is 5.74. The number of nitrogens with zero attached hydrogens (tertiary/aromatic N) is 1. The first-order valence-corrected chi connectivity index (χ1v) is 7.07. The number of halogens is 1. The van der Waals surface area contributed by atoms with Crippen LogP contribution in [0.5, 0.6) is 0 Å². The van der Waals surface area contributed by atoms with Gasteiger partial charge in [-0.25, -0.2) is 0 Å². The fourth-order valence-corrected chi connectivity index (χ4v) is 2.97. The highest BCUT2D eigenvalue weighted by Crippen LogP contribution is 2.26. The monoisotopic (exact) mass is 281 g/mol. The average Bonchev–Trinajstić information content (AvgIpc) is 2.34. The second-order valence-corrected chi connectivity index (χ2v) is 5.88. The van der Waals surface area contributed by atoms with Gasteiger partial charge in [0.05, 0.1) is 5.92 Å². The van der Waals surface area contributed by atoms with E-state index in [1.54, 1.807) is 0 Å². The highest BCUT2D eigenvalue weighted by Gasteiger charge is 2.29. The van der Waals surface area contributed by atoms with E-state index in [4.69, 9.17) is 16.7 Å². The van der Waals surface area contributed by atoms with E-state index in [0.29, 0.717) is 0 Å². The summed E-state index contributed by atoms with van der Waals surface area (Å²) in [5.41, 5.74) is 2.28. The van der Waals surface area contributed by atoms with E-state index in [2.05, 4.69) is 24.0 Å². The molecule has 2 atom stereocenters. The molecular formula is C15H20ClNO2. The van der Waals surface area contributed by atoms with Crippen LogP contribution in [0.15, 0.2) is 18.2 Å². The fourth-order valence-electron chi connectivity index (χ4n) is 2.68. The number of hydrogen-bond acceptors (Lipinski definition) is 2. The van der Waals surface area contributed by atoms with Crippen molar-refractivity contribution in [1.29, 1.82) is 0 Å². The predicted molar refractivity (Wildman–Crippen MR) is 76.4 cm³/mol. The van der Waals surface area contributed by atoms with Crippen molar-refractivity contribution >= 4 is 17.6 Å². The van der Waals surface area contributed by atoms with Crippen LogP contribution in [-0.2, 0) is 11.3 Å². The van der Waals surface area contributed by atoms with Crippen molar-refractivity contribution in [1.82, 2.24) is 4.90 Å². The number of hydrogen-bond donors (Lipinski definition) is 1. The standard InChI is InChI=1S/C15H20ClNO2/c1-10-3-4-13(14(16)7-10)9-17-6-5-12(15(18)19)8-11(17)2/h3-4,7,11-12H,5-6,8-9H2,1-2H3,(H,18,19). The maximum atomic E-state index is 11.0. The van der Waals surface area contributed by atoms with Crippen LogP contribution in [0.2, 0.25) is 5.02 Å². The van der Waals surface area contributed by atoms with Gasteiger partial charge in [0.25, 0.3) is 0 Å². The smallest absolute Gasteiger partial charge is 0.306 e. The molecule has 19 heavy (non-hydrogen) atoms. The molecule has 0 amide bonds. The summed E-state index contributed by atoms with van der Waals surface area (Å²) in [6, 6.07) is 6.39. The van der Waals surface area contributed by atoms with E-state index >= 15 is 0 Å². The molecule has 0 radical (unpaired) electrons. The van der Waals surface area contributed by atoms with E-state index in [1.165, 1.54) is 0 Å². The van der Waals surface area contributed by atoms with Crippen molar-refractivity contribution in [2.75, 3.05) is 6.54 Å². The molecule has 1 saturated heterocycles. The quantitative estimate of drug-likeness (QED) is 0.924. The number of piperidine rings is 1. The van der Waals surface area contributed by atoms with Crippen LogP contribution < -0.4 is 0 Å². The zero-order valence-corrected chi connectivity index (χ0v) is 12.2. The minimum atomic E-state index is -0.667. The molecule has 1 heterocycles. The first kappa shape index (κ1) is 14.4. The molecular weight excluding hydrogens is 262 g/mol. The van der Waals surface area contributed by atoms with Crippen molar-refractivity contribution in [3.8, 4) is 0 Å². The normalized spacial score (nSPS) is 24.4. The van der Waals surface area contributed by atoms with Gasteiger partial charge in [0.15, 0.2) is 0 Å². The zero-order chi connectivity index (χ0) is 14.0. The van der Waals surface area contributed by atoms with E-state index < -0.39 is 5.97 Å². The van der Waals surface area contributed by atoms with Crippen molar-refractivity contribution in [3.05, 3.63) is 34.3 Å². The molecule has 0 saturated carbocycles. The maximum Gasteiger partial charge on any atom is 0.306 e. The lowest BCUT2D eigenvalue weighted by molar-refractivity contribution is -0.144. The van der Waals surface area contributed by atoms with E-state index in [0.717, 1.165) is 42.1 Å². The predicted octanol–water partition coefficient (Wildman–Crippen LogP) is 3.33. The fraction of sp³-hybridized carbons (Fsp3) is 0.533. The number of benzene rings is 1. The van der Waals surface area contributed by atoms with Crippen LogP contribution in [-0.4, -0.2) is 28.6 Å². The third kappa shape index (κ3) is 3.48. The van der Waals surface area contributed by atoms with Gasteiger partial charge in [-0.2, -0.15) is 0 Å². The molecule has 1 fully saturated rings. The summed E-state index contributed by atoms with van der Waals surface area (Å²) in [5.74, 6) is -0.861. The average molecular weight is 282 g/mol. The molecule has 4 heteroatoms. The van der Waals surface area contributed by atoms with E-state index in [-0.39, 0.29) is 12.0 Å². The maximum absolute atomic E-state index is 11.0. The molecule has 2 unspecified atom stereocenters. The largest absolute Gasteiger partial charge is 0.481 e. The number of carbonyl (C=O) groups is 1. The van der Waals surface area contributed by atoms with Crippen LogP contribution in [0.25, 0.3) is 0 Å². The van der Waals surface area contributed by atoms with Crippen molar-refractivity contribution < 1.29 is 9.90 Å². The summed E-state index contributed by atoms with van der Waals surface area (Å²) in [7, 11) is 0. The van der Waals surface area contributed by atoms with Gasteiger partial charge in [-0.1, -0.05) is 23.7 Å². The second kappa shape index (κ2) is 5.93. The molecule has 1 N–H and O–H groups in total. The van der Waals surface area contributed by atoms with Crippen LogP contribution in [0.4, 0.5) is 0 Å². The summed E-state index contributed by atoms with van der Waals surface area (Å²) >= 11 is 6.25. The lowest BCUT2D eigenvalue weighted by Crippen LogP contribution is -2.42. The number of rotatable bonds is 3. The molecule has 104 valence electrons. The Labute approximate surface area is 119 Å². The second-order valence-electron chi connectivity index (χ2n) is 5.47. The third-order valence-electron chi connectivity index (χ3n) is 3.94. The minimum Gasteiger partial charge on any atom is -0.481 e. The summed E-state index contributed by atoms with van der Waals surface area (Å²) in [4.78, 5) is 13.3. The number of aryl methyl sites for hydroxylation is 1. The van der Waals surface area contributed by atoms with Crippen LogP contribution in [0.1, 0.15) is 30.9 Å². The number of carboxylic acids is 1. The highest BCUT2D eigenvalue weighted by atomic mass is 35.5. The Balaban J connectivity index is 2.02. The highest BCUT2D eigenvalue weighted by molar-refractivity contribution is 6.31. The van der Waals surface area contributed by atoms with Crippen LogP contribution in [0, 0.1) is 12.8 Å². The molecule has 0 spiro atoms. The lowest BCUT2D eigenvalue weighted by atomic mass is 9.91. The van der Waals surface area contributed by atoms with Gasteiger partial charge in [0.1, 0.15) is 0 Å². The van der Waals surface area contributed by atoms with Gasteiger partial charge >= 0.3 is 5.97 Å². The first-order chi connectivity index (χ1) is 8.97. The number of aliphatic carboxylic acids is 1. The Bertz CT molecular complexity index is 475. The van der Waals surface area contributed by atoms with Crippen molar-refractivity contribution in [3.63, 3.8) is 0 Å². The first-order valence-electron chi connectivity index (χ1n) is 6.69. The van der Waals surface area contributed by atoms with Crippen LogP contribution in [0.3, 0.4) is 0 Å². The number of carboxylic acid groups (broad SMARTS) is 1.